The van der Waals surface area contributed by atoms with E-state index in [1.54, 1.807) is 0 Å². The monoisotopic (exact) mass is 283 g/mol. The van der Waals surface area contributed by atoms with Gasteiger partial charge in [-0.3, -0.25) is 4.90 Å². The van der Waals surface area contributed by atoms with Crippen LogP contribution in [0.25, 0.3) is 0 Å². The topological polar surface area (TPSA) is 23.5 Å². The highest BCUT2D eigenvalue weighted by Gasteiger charge is 2.22. The van der Waals surface area contributed by atoms with Gasteiger partial charge < -0.3 is 5.11 Å². The van der Waals surface area contributed by atoms with E-state index in [1.165, 1.54) is 18.4 Å². The molecule has 88 valence electrons. The van der Waals surface area contributed by atoms with Crippen molar-refractivity contribution < 1.29 is 5.11 Å². The standard InChI is InChI=1S/C13H18BrNO/c14-12-5-3-4-11(10-12)13(6-9-16)15-7-1-2-8-15/h3-5,10,13,16H,1-2,6-9H2. The lowest BCUT2D eigenvalue weighted by molar-refractivity contribution is 0.185. The van der Waals surface area contributed by atoms with Gasteiger partial charge in [0, 0.05) is 17.1 Å². The predicted molar refractivity (Wildman–Crippen MR) is 69.4 cm³/mol. The second-order valence-electron chi connectivity index (χ2n) is 4.33. The van der Waals surface area contributed by atoms with Gasteiger partial charge in [-0.05, 0) is 50.0 Å². The summed E-state index contributed by atoms with van der Waals surface area (Å²) in [5.41, 5.74) is 1.31. The van der Waals surface area contributed by atoms with E-state index in [0.29, 0.717) is 6.04 Å². The van der Waals surface area contributed by atoms with Crippen molar-refractivity contribution in [1.82, 2.24) is 4.90 Å². The molecule has 1 unspecified atom stereocenters. The lowest BCUT2D eigenvalue weighted by Gasteiger charge is -2.27. The molecule has 0 bridgehead atoms. The Labute approximate surface area is 105 Å². The number of aliphatic hydroxyl groups excluding tert-OH is 1. The minimum Gasteiger partial charge on any atom is -0.396 e. The van der Waals surface area contributed by atoms with Crippen LogP contribution in [0.4, 0.5) is 0 Å². The molecular weight excluding hydrogens is 266 g/mol. The van der Waals surface area contributed by atoms with E-state index in [9.17, 15) is 5.11 Å². The molecule has 16 heavy (non-hydrogen) atoms. The van der Waals surface area contributed by atoms with Crippen molar-refractivity contribution in [3.8, 4) is 0 Å². The number of rotatable bonds is 4. The summed E-state index contributed by atoms with van der Waals surface area (Å²) in [5, 5.41) is 9.19. The van der Waals surface area contributed by atoms with Crippen LogP contribution in [0.1, 0.15) is 30.9 Å². The Morgan fingerprint density at radius 3 is 2.69 bits per heavy atom. The Hall–Kier alpha value is -0.380. The number of benzene rings is 1. The van der Waals surface area contributed by atoms with Crippen LogP contribution in [-0.2, 0) is 0 Å². The third-order valence-electron chi connectivity index (χ3n) is 3.22. The normalized spacial score (nSPS) is 18.9. The highest BCUT2D eigenvalue weighted by molar-refractivity contribution is 9.10. The summed E-state index contributed by atoms with van der Waals surface area (Å²) >= 11 is 3.51. The molecule has 1 aromatic carbocycles. The van der Waals surface area contributed by atoms with E-state index >= 15 is 0 Å². The van der Waals surface area contributed by atoms with Crippen LogP contribution in [0.3, 0.4) is 0 Å². The van der Waals surface area contributed by atoms with Gasteiger partial charge in [0.05, 0.1) is 0 Å². The molecule has 0 saturated carbocycles. The maximum atomic E-state index is 9.19. The Morgan fingerprint density at radius 1 is 1.31 bits per heavy atom. The molecule has 2 nitrogen and oxygen atoms in total. The van der Waals surface area contributed by atoms with Gasteiger partial charge in [0.2, 0.25) is 0 Å². The van der Waals surface area contributed by atoms with Gasteiger partial charge in [0.1, 0.15) is 0 Å². The lowest BCUT2D eigenvalue weighted by Crippen LogP contribution is -2.26. The minimum absolute atomic E-state index is 0.258. The maximum absolute atomic E-state index is 9.19. The molecule has 0 aromatic heterocycles. The van der Waals surface area contributed by atoms with Gasteiger partial charge in [0.25, 0.3) is 0 Å². The number of hydrogen-bond donors (Lipinski definition) is 1. The van der Waals surface area contributed by atoms with E-state index in [1.807, 2.05) is 6.07 Å². The third-order valence-corrected chi connectivity index (χ3v) is 3.71. The first kappa shape index (κ1) is 12.1. The molecule has 1 N–H and O–H groups in total. The van der Waals surface area contributed by atoms with Crippen molar-refractivity contribution in [2.75, 3.05) is 19.7 Å². The molecule has 0 aliphatic carbocycles. The van der Waals surface area contributed by atoms with Crippen LogP contribution < -0.4 is 0 Å². The first-order valence-electron chi connectivity index (χ1n) is 5.91. The van der Waals surface area contributed by atoms with Crippen LogP contribution in [0, 0.1) is 0 Å². The van der Waals surface area contributed by atoms with Crippen molar-refractivity contribution in [3.63, 3.8) is 0 Å². The fraction of sp³-hybridized carbons (Fsp3) is 0.538. The molecule has 1 aromatic rings. The van der Waals surface area contributed by atoms with Crippen molar-refractivity contribution >= 4 is 15.9 Å². The summed E-state index contributed by atoms with van der Waals surface area (Å²) in [6, 6.07) is 8.82. The number of likely N-dealkylation sites (tertiary alicyclic amines) is 1. The Kier molecular flexibility index (Phi) is 4.38. The molecule has 2 rings (SSSR count). The second kappa shape index (κ2) is 5.80. The largest absolute Gasteiger partial charge is 0.396 e. The minimum atomic E-state index is 0.258. The highest BCUT2D eigenvalue weighted by Crippen LogP contribution is 2.29. The summed E-state index contributed by atoms with van der Waals surface area (Å²) in [7, 11) is 0. The fourth-order valence-electron chi connectivity index (χ4n) is 2.45. The van der Waals surface area contributed by atoms with E-state index in [4.69, 9.17) is 0 Å². The molecule has 1 saturated heterocycles. The average molecular weight is 284 g/mol. The van der Waals surface area contributed by atoms with Crippen molar-refractivity contribution in [1.29, 1.82) is 0 Å². The fourth-order valence-corrected chi connectivity index (χ4v) is 2.87. The Bertz CT molecular complexity index is 336. The van der Waals surface area contributed by atoms with Crippen molar-refractivity contribution in [2.45, 2.75) is 25.3 Å². The van der Waals surface area contributed by atoms with Gasteiger partial charge in [-0.2, -0.15) is 0 Å². The average Bonchev–Trinajstić information content (AvgIpc) is 2.79. The van der Waals surface area contributed by atoms with E-state index in [2.05, 4.69) is 39.0 Å². The van der Waals surface area contributed by atoms with Crippen LogP contribution in [0.2, 0.25) is 0 Å². The Balaban J connectivity index is 2.17. The SMILES string of the molecule is OCCC(c1cccc(Br)c1)N1CCCC1. The van der Waals surface area contributed by atoms with Gasteiger partial charge in [-0.1, -0.05) is 28.1 Å². The molecule has 3 heteroatoms. The molecule has 1 atom stereocenters. The summed E-state index contributed by atoms with van der Waals surface area (Å²) in [6.07, 6.45) is 3.41. The van der Waals surface area contributed by atoms with Crippen molar-refractivity contribution in [2.24, 2.45) is 0 Å². The quantitative estimate of drug-likeness (QED) is 0.919. The summed E-state index contributed by atoms with van der Waals surface area (Å²) < 4.78 is 1.12. The molecule has 1 aliphatic heterocycles. The Morgan fingerprint density at radius 2 is 2.06 bits per heavy atom. The predicted octanol–water partition coefficient (Wildman–Crippen LogP) is 2.97. The maximum Gasteiger partial charge on any atom is 0.0449 e. The molecule has 1 heterocycles. The molecule has 1 aliphatic rings. The zero-order valence-electron chi connectivity index (χ0n) is 9.40. The first-order valence-corrected chi connectivity index (χ1v) is 6.71. The van der Waals surface area contributed by atoms with Gasteiger partial charge >= 0.3 is 0 Å². The number of hydrogen-bond acceptors (Lipinski definition) is 2. The molecule has 0 amide bonds. The van der Waals surface area contributed by atoms with Gasteiger partial charge in [-0.15, -0.1) is 0 Å². The van der Waals surface area contributed by atoms with Crippen LogP contribution in [-0.4, -0.2) is 29.7 Å². The van der Waals surface area contributed by atoms with Gasteiger partial charge in [0.15, 0.2) is 0 Å². The zero-order chi connectivity index (χ0) is 11.4. The number of nitrogens with zero attached hydrogens (tertiary/aromatic N) is 1. The third kappa shape index (κ3) is 2.84. The van der Waals surface area contributed by atoms with Gasteiger partial charge in [-0.25, -0.2) is 0 Å². The molecule has 0 spiro atoms. The molecule has 0 radical (unpaired) electrons. The smallest absolute Gasteiger partial charge is 0.0449 e. The summed E-state index contributed by atoms with van der Waals surface area (Å²) in [6.45, 7) is 2.59. The molecule has 1 fully saturated rings. The second-order valence-corrected chi connectivity index (χ2v) is 5.24. The lowest BCUT2D eigenvalue weighted by atomic mass is 10.0. The summed E-state index contributed by atoms with van der Waals surface area (Å²) in [4.78, 5) is 2.48. The van der Waals surface area contributed by atoms with E-state index < -0.39 is 0 Å². The van der Waals surface area contributed by atoms with E-state index in [-0.39, 0.29) is 6.61 Å². The highest BCUT2D eigenvalue weighted by atomic mass is 79.9. The summed E-state index contributed by atoms with van der Waals surface area (Å²) in [5.74, 6) is 0. The number of halogens is 1. The molecular formula is C13H18BrNO. The zero-order valence-corrected chi connectivity index (χ0v) is 11.0. The number of aliphatic hydroxyl groups is 1. The van der Waals surface area contributed by atoms with E-state index in [0.717, 1.165) is 24.0 Å². The first-order chi connectivity index (χ1) is 7.81. The van der Waals surface area contributed by atoms with Crippen LogP contribution in [0.15, 0.2) is 28.7 Å². The van der Waals surface area contributed by atoms with Crippen LogP contribution in [0.5, 0.6) is 0 Å². The van der Waals surface area contributed by atoms with Crippen LogP contribution >= 0.6 is 15.9 Å². The van der Waals surface area contributed by atoms with Crippen molar-refractivity contribution in [3.05, 3.63) is 34.3 Å².